The monoisotopic (exact) mass is 452 g/mol. The Hall–Kier alpha value is -3.36. The van der Waals surface area contributed by atoms with Crippen LogP contribution in [0.15, 0.2) is 59.0 Å². The molecule has 174 valence electrons. The van der Waals surface area contributed by atoms with Crippen LogP contribution in [0.25, 0.3) is 5.76 Å². The van der Waals surface area contributed by atoms with E-state index in [2.05, 4.69) is 11.5 Å². The summed E-state index contributed by atoms with van der Waals surface area (Å²) in [6, 6.07) is 9.42. The number of carbonyl (C=O) groups excluding carboxylic acids is 2. The van der Waals surface area contributed by atoms with Gasteiger partial charge in [0, 0.05) is 31.7 Å². The summed E-state index contributed by atoms with van der Waals surface area (Å²) in [4.78, 5) is 29.7. The molecule has 2 aliphatic rings. The first kappa shape index (κ1) is 22.8. The summed E-state index contributed by atoms with van der Waals surface area (Å²) < 4.78 is 16.7. The molecule has 0 spiro atoms. The second-order valence-corrected chi connectivity index (χ2v) is 8.02. The summed E-state index contributed by atoms with van der Waals surface area (Å²) in [5, 5.41) is 11.1. The molecule has 0 radical (unpaired) electrons. The second-order valence-electron chi connectivity index (χ2n) is 8.02. The molecule has 1 aromatic carbocycles. The number of ether oxygens (including phenoxy) is 2. The number of Topliss-reactive ketones (excluding diaryl/α,β-unsaturated/α-hetero) is 1. The number of furan rings is 1. The van der Waals surface area contributed by atoms with Crippen LogP contribution in [0.3, 0.4) is 0 Å². The highest BCUT2D eigenvalue weighted by molar-refractivity contribution is 6.46. The third kappa shape index (κ3) is 4.86. The summed E-state index contributed by atoms with van der Waals surface area (Å²) >= 11 is 0. The zero-order valence-corrected chi connectivity index (χ0v) is 18.7. The molecule has 0 unspecified atom stereocenters. The Morgan fingerprint density at radius 3 is 2.52 bits per heavy atom. The molecule has 1 N–H and O–H groups in total. The largest absolute Gasteiger partial charge is 0.507 e. The van der Waals surface area contributed by atoms with Gasteiger partial charge in [-0.3, -0.25) is 14.5 Å². The average Bonchev–Trinajstić information content (AvgIpc) is 3.37. The molecule has 2 aliphatic heterocycles. The molecule has 8 nitrogen and oxygen atoms in total. The van der Waals surface area contributed by atoms with Gasteiger partial charge in [-0.05, 0) is 43.3 Å². The third-order valence-corrected chi connectivity index (χ3v) is 5.83. The van der Waals surface area contributed by atoms with E-state index in [1.54, 1.807) is 49.4 Å². The van der Waals surface area contributed by atoms with Crippen LogP contribution in [0.1, 0.15) is 23.1 Å². The highest BCUT2D eigenvalue weighted by atomic mass is 16.5. The van der Waals surface area contributed by atoms with Crippen LogP contribution in [0, 0.1) is 6.92 Å². The van der Waals surface area contributed by atoms with Crippen molar-refractivity contribution in [3.63, 3.8) is 0 Å². The minimum absolute atomic E-state index is 0.0242. The van der Waals surface area contributed by atoms with E-state index in [1.165, 1.54) is 4.90 Å². The minimum atomic E-state index is -0.795. The molecule has 33 heavy (non-hydrogen) atoms. The average molecular weight is 453 g/mol. The number of rotatable bonds is 8. The maximum absolute atomic E-state index is 13.1. The Kier molecular flexibility index (Phi) is 6.96. The van der Waals surface area contributed by atoms with E-state index >= 15 is 0 Å². The number of morpholine rings is 1. The van der Waals surface area contributed by atoms with Gasteiger partial charge in [0.2, 0.25) is 0 Å². The topological polar surface area (TPSA) is 92.5 Å². The lowest BCUT2D eigenvalue weighted by atomic mass is 9.99. The smallest absolute Gasteiger partial charge is 0.295 e. The Morgan fingerprint density at radius 2 is 1.88 bits per heavy atom. The predicted octanol–water partition coefficient (Wildman–Crippen LogP) is 2.91. The van der Waals surface area contributed by atoms with E-state index in [1.807, 2.05) is 0 Å². The standard InChI is InChI=1S/C25H28N2O6/c1-3-14-32-19-7-5-18(6-8-19)23(28)21-22(20-9-4-17(2)33-20)27(25(30)24(21)29)11-10-26-12-15-31-16-13-26/h3-9,22,28H,1,10-16H2,2H3/t22-/m1/s1. The molecule has 3 heterocycles. The van der Waals surface area contributed by atoms with Crippen LogP contribution in [0.5, 0.6) is 5.75 Å². The van der Waals surface area contributed by atoms with Crippen molar-refractivity contribution in [1.82, 2.24) is 9.80 Å². The van der Waals surface area contributed by atoms with E-state index in [-0.39, 0.29) is 11.3 Å². The van der Waals surface area contributed by atoms with Gasteiger partial charge in [0.05, 0.1) is 18.8 Å². The zero-order valence-electron chi connectivity index (χ0n) is 18.7. The fourth-order valence-corrected chi connectivity index (χ4v) is 4.10. The van der Waals surface area contributed by atoms with Gasteiger partial charge in [-0.1, -0.05) is 12.7 Å². The first-order valence-electron chi connectivity index (χ1n) is 11.0. The Bertz CT molecular complexity index is 1050. The van der Waals surface area contributed by atoms with Crippen LogP contribution in [0.2, 0.25) is 0 Å². The van der Waals surface area contributed by atoms with Crippen molar-refractivity contribution in [2.45, 2.75) is 13.0 Å². The lowest BCUT2D eigenvalue weighted by Crippen LogP contribution is -2.42. The van der Waals surface area contributed by atoms with Crippen LogP contribution < -0.4 is 4.74 Å². The molecule has 0 aliphatic carbocycles. The predicted molar refractivity (Wildman–Crippen MR) is 122 cm³/mol. The van der Waals surface area contributed by atoms with Gasteiger partial charge >= 0.3 is 0 Å². The molecule has 0 bridgehead atoms. The van der Waals surface area contributed by atoms with Gasteiger partial charge in [-0.15, -0.1) is 0 Å². The fourth-order valence-electron chi connectivity index (χ4n) is 4.10. The van der Waals surface area contributed by atoms with E-state index in [0.717, 1.165) is 13.1 Å². The Balaban J connectivity index is 1.66. The number of likely N-dealkylation sites (tertiary alicyclic amines) is 1. The number of aliphatic hydroxyl groups excluding tert-OH is 1. The van der Waals surface area contributed by atoms with Gasteiger partial charge < -0.3 is 23.9 Å². The van der Waals surface area contributed by atoms with Gasteiger partial charge in [-0.2, -0.15) is 0 Å². The SMILES string of the molecule is C=CCOc1ccc(C(O)=C2C(=O)C(=O)N(CCN3CCOCC3)[C@@H]2c2ccc(C)o2)cc1. The Labute approximate surface area is 192 Å². The molecule has 1 atom stereocenters. The van der Waals surface area contributed by atoms with Gasteiger partial charge in [0.15, 0.2) is 0 Å². The summed E-state index contributed by atoms with van der Waals surface area (Å²) in [5.41, 5.74) is 0.441. The molecular formula is C25H28N2O6. The van der Waals surface area contributed by atoms with Crippen molar-refractivity contribution in [2.24, 2.45) is 0 Å². The number of amides is 1. The van der Waals surface area contributed by atoms with Crippen LogP contribution in [-0.4, -0.2) is 72.6 Å². The maximum Gasteiger partial charge on any atom is 0.295 e. The molecular weight excluding hydrogens is 424 g/mol. The van der Waals surface area contributed by atoms with Crippen molar-refractivity contribution in [3.05, 3.63) is 71.7 Å². The molecule has 2 saturated heterocycles. The van der Waals surface area contributed by atoms with Crippen molar-refractivity contribution in [3.8, 4) is 5.75 Å². The number of hydrogen-bond acceptors (Lipinski definition) is 7. The molecule has 1 amide bonds. The number of aliphatic hydroxyl groups is 1. The highest BCUT2D eigenvalue weighted by Crippen LogP contribution is 2.40. The van der Waals surface area contributed by atoms with Gasteiger partial charge in [-0.25, -0.2) is 0 Å². The van der Waals surface area contributed by atoms with Crippen LogP contribution in [0.4, 0.5) is 0 Å². The second kappa shape index (κ2) is 10.1. The number of ketones is 1. The fraction of sp³-hybridized carbons (Fsp3) is 0.360. The molecule has 8 heteroatoms. The van der Waals surface area contributed by atoms with Crippen molar-refractivity contribution >= 4 is 17.4 Å². The van der Waals surface area contributed by atoms with Crippen LogP contribution >= 0.6 is 0 Å². The third-order valence-electron chi connectivity index (χ3n) is 5.83. The van der Waals surface area contributed by atoms with Crippen molar-refractivity contribution < 1.29 is 28.6 Å². The number of carbonyl (C=O) groups is 2. The summed E-state index contributed by atoms with van der Waals surface area (Å²) in [5.74, 6) is 0.108. The number of nitrogens with zero attached hydrogens (tertiary/aromatic N) is 2. The lowest BCUT2D eigenvalue weighted by molar-refractivity contribution is -0.140. The van der Waals surface area contributed by atoms with Crippen molar-refractivity contribution in [2.75, 3.05) is 46.0 Å². The first-order valence-corrected chi connectivity index (χ1v) is 11.0. The minimum Gasteiger partial charge on any atom is -0.507 e. The van der Waals surface area contributed by atoms with Gasteiger partial charge in [0.1, 0.15) is 35.7 Å². The summed E-state index contributed by atoms with van der Waals surface area (Å²) in [7, 11) is 0. The molecule has 0 saturated carbocycles. The molecule has 2 aromatic rings. The lowest BCUT2D eigenvalue weighted by Gasteiger charge is -2.30. The van der Waals surface area contributed by atoms with Crippen molar-refractivity contribution in [1.29, 1.82) is 0 Å². The van der Waals surface area contributed by atoms with E-state index in [9.17, 15) is 14.7 Å². The zero-order chi connectivity index (χ0) is 23.4. The number of aryl methyl sites for hydroxylation is 1. The van der Waals surface area contributed by atoms with E-state index < -0.39 is 17.7 Å². The Morgan fingerprint density at radius 1 is 1.15 bits per heavy atom. The number of benzene rings is 1. The molecule has 1 aromatic heterocycles. The number of hydrogen-bond donors (Lipinski definition) is 1. The highest BCUT2D eigenvalue weighted by Gasteiger charge is 2.47. The summed E-state index contributed by atoms with van der Waals surface area (Å²) in [6.07, 6.45) is 1.64. The maximum atomic E-state index is 13.1. The van der Waals surface area contributed by atoms with E-state index in [4.69, 9.17) is 13.9 Å². The van der Waals surface area contributed by atoms with E-state index in [0.29, 0.717) is 55.7 Å². The molecule has 2 fully saturated rings. The van der Waals surface area contributed by atoms with Gasteiger partial charge in [0.25, 0.3) is 11.7 Å². The van der Waals surface area contributed by atoms with Crippen LogP contribution in [-0.2, 0) is 14.3 Å². The molecule has 4 rings (SSSR count). The quantitative estimate of drug-likeness (QED) is 0.285. The first-order chi connectivity index (χ1) is 16.0. The normalized spacial score (nSPS) is 20.9. The summed E-state index contributed by atoms with van der Waals surface area (Å²) in [6.45, 7) is 9.54.